The van der Waals surface area contributed by atoms with Crippen LogP contribution in [0.4, 0.5) is 5.69 Å². The van der Waals surface area contributed by atoms with Crippen molar-refractivity contribution in [2.45, 2.75) is 13.0 Å². The molecule has 0 N–H and O–H groups in total. The van der Waals surface area contributed by atoms with Crippen LogP contribution in [0.25, 0.3) is 0 Å². The zero-order valence-electron chi connectivity index (χ0n) is 13.8. The van der Waals surface area contributed by atoms with Gasteiger partial charge in [0.15, 0.2) is 0 Å². The van der Waals surface area contributed by atoms with E-state index in [4.69, 9.17) is 0 Å². The first kappa shape index (κ1) is 15.1. The van der Waals surface area contributed by atoms with E-state index in [2.05, 4.69) is 24.0 Å². The molecule has 0 spiro atoms. The molecule has 24 heavy (non-hydrogen) atoms. The number of imide groups is 1. The third-order valence-corrected chi connectivity index (χ3v) is 5.30. The molecule has 2 aromatic rings. The smallest absolute Gasteiger partial charge is 0.239 e. The number of benzene rings is 2. The van der Waals surface area contributed by atoms with Gasteiger partial charge in [0.1, 0.15) is 0 Å². The molecule has 4 heteroatoms. The third kappa shape index (κ3) is 2.10. The van der Waals surface area contributed by atoms with Crippen molar-refractivity contribution in [3.05, 3.63) is 65.7 Å². The van der Waals surface area contributed by atoms with Gasteiger partial charge < -0.3 is 0 Å². The number of aryl methyl sites for hydroxylation is 1. The van der Waals surface area contributed by atoms with E-state index in [9.17, 15) is 9.59 Å². The molecule has 0 saturated carbocycles. The van der Waals surface area contributed by atoms with E-state index in [-0.39, 0.29) is 29.7 Å². The Balaban J connectivity index is 1.75. The summed E-state index contributed by atoms with van der Waals surface area (Å²) in [6, 6.07) is 17.3. The largest absolute Gasteiger partial charge is 0.298 e. The van der Waals surface area contributed by atoms with Gasteiger partial charge in [0, 0.05) is 12.6 Å². The first-order chi connectivity index (χ1) is 11.6. The molecule has 0 aromatic heterocycles. The van der Waals surface area contributed by atoms with Crippen LogP contribution in [-0.2, 0) is 9.59 Å². The second kappa shape index (κ2) is 5.56. The highest BCUT2D eigenvalue weighted by Gasteiger charge is 2.57. The van der Waals surface area contributed by atoms with Gasteiger partial charge in [0.2, 0.25) is 11.8 Å². The van der Waals surface area contributed by atoms with E-state index in [0.29, 0.717) is 12.2 Å². The van der Waals surface area contributed by atoms with Crippen molar-refractivity contribution in [3.8, 4) is 0 Å². The zero-order chi connectivity index (χ0) is 16.8. The van der Waals surface area contributed by atoms with E-state index in [1.807, 2.05) is 49.5 Å². The van der Waals surface area contributed by atoms with Crippen LogP contribution in [0, 0.1) is 18.8 Å². The van der Waals surface area contributed by atoms with Gasteiger partial charge in [0.05, 0.1) is 17.5 Å². The lowest BCUT2D eigenvalue weighted by Gasteiger charge is -2.27. The maximum atomic E-state index is 13.1. The number of anilines is 1. The van der Waals surface area contributed by atoms with E-state index >= 15 is 0 Å². The molecular weight excluding hydrogens is 300 g/mol. The van der Waals surface area contributed by atoms with Gasteiger partial charge in [-0.1, -0.05) is 42.5 Å². The van der Waals surface area contributed by atoms with E-state index in [1.165, 1.54) is 4.90 Å². The molecule has 2 heterocycles. The molecule has 2 aliphatic heterocycles. The lowest BCUT2D eigenvalue weighted by Crippen LogP contribution is -2.36. The van der Waals surface area contributed by atoms with Gasteiger partial charge in [-0.3, -0.25) is 14.5 Å². The highest BCUT2D eigenvalue weighted by molar-refractivity contribution is 6.22. The predicted octanol–water partition coefficient (Wildman–Crippen LogP) is 2.79. The molecule has 122 valence electrons. The molecule has 4 rings (SSSR count). The monoisotopic (exact) mass is 320 g/mol. The summed E-state index contributed by atoms with van der Waals surface area (Å²) >= 11 is 0. The quantitative estimate of drug-likeness (QED) is 0.799. The van der Waals surface area contributed by atoms with Crippen molar-refractivity contribution in [1.82, 2.24) is 4.90 Å². The fraction of sp³-hybridized carbons (Fsp3) is 0.300. The van der Waals surface area contributed by atoms with Crippen molar-refractivity contribution in [2.24, 2.45) is 11.8 Å². The van der Waals surface area contributed by atoms with Crippen molar-refractivity contribution < 1.29 is 9.59 Å². The molecule has 2 saturated heterocycles. The number of carbonyl (C=O) groups is 2. The van der Waals surface area contributed by atoms with Gasteiger partial charge in [-0.15, -0.1) is 0 Å². The van der Waals surface area contributed by atoms with Crippen LogP contribution in [0.5, 0.6) is 0 Å². The highest BCUT2D eigenvalue weighted by Crippen LogP contribution is 2.47. The molecule has 4 nitrogen and oxygen atoms in total. The minimum atomic E-state index is -0.302. The van der Waals surface area contributed by atoms with Crippen LogP contribution in [0.15, 0.2) is 54.6 Å². The fourth-order valence-corrected chi connectivity index (χ4v) is 4.18. The summed E-state index contributed by atoms with van der Waals surface area (Å²) in [6.07, 6.45) is 0. The summed E-state index contributed by atoms with van der Waals surface area (Å²) in [4.78, 5) is 29.5. The number of fused-ring (bicyclic) bond motifs is 1. The molecule has 2 aliphatic rings. The Hall–Kier alpha value is -2.46. The standard InChI is InChI=1S/C20H20N2O2/c1-13-8-6-7-11-15(13)18-17-16(12-21(18)2)19(23)22(20(17)24)14-9-4-3-5-10-14/h3-11,16-18H,12H2,1-2H3/t16-,17-,18-/m0/s1. The Morgan fingerprint density at radius 3 is 2.29 bits per heavy atom. The van der Waals surface area contributed by atoms with E-state index in [1.54, 1.807) is 0 Å². The summed E-state index contributed by atoms with van der Waals surface area (Å²) < 4.78 is 0. The van der Waals surface area contributed by atoms with Crippen LogP contribution in [-0.4, -0.2) is 30.3 Å². The maximum absolute atomic E-state index is 13.1. The van der Waals surface area contributed by atoms with Crippen LogP contribution in [0.1, 0.15) is 17.2 Å². The average Bonchev–Trinajstić information content (AvgIpc) is 3.04. The lowest BCUT2D eigenvalue weighted by molar-refractivity contribution is -0.123. The van der Waals surface area contributed by atoms with Crippen molar-refractivity contribution in [3.63, 3.8) is 0 Å². The highest BCUT2D eigenvalue weighted by atomic mass is 16.2. The lowest BCUT2D eigenvalue weighted by atomic mass is 9.87. The van der Waals surface area contributed by atoms with Crippen LogP contribution >= 0.6 is 0 Å². The number of amides is 2. The van der Waals surface area contributed by atoms with Crippen LogP contribution in [0.2, 0.25) is 0 Å². The molecule has 0 bridgehead atoms. The SMILES string of the molecule is Cc1ccccc1[C@H]1[C@H]2C(=O)N(c3ccccc3)C(=O)[C@H]2CN1C. The number of hydrogen-bond acceptors (Lipinski definition) is 3. The molecule has 0 unspecified atom stereocenters. The molecule has 0 radical (unpaired) electrons. The Bertz CT molecular complexity index is 802. The number of likely N-dealkylation sites (tertiary alicyclic amines) is 1. The Labute approximate surface area is 141 Å². The number of rotatable bonds is 2. The average molecular weight is 320 g/mol. The van der Waals surface area contributed by atoms with E-state index < -0.39 is 0 Å². The zero-order valence-corrected chi connectivity index (χ0v) is 13.8. The number of hydrogen-bond donors (Lipinski definition) is 0. The Kier molecular flexibility index (Phi) is 3.50. The van der Waals surface area contributed by atoms with Gasteiger partial charge in [0.25, 0.3) is 0 Å². The Morgan fingerprint density at radius 2 is 1.58 bits per heavy atom. The summed E-state index contributed by atoms with van der Waals surface area (Å²) in [6.45, 7) is 2.68. The van der Waals surface area contributed by atoms with Gasteiger partial charge in [-0.05, 0) is 37.2 Å². The number of nitrogens with zero attached hydrogens (tertiary/aromatic N) is 2. The topological polar surface area (TPSA) is 40.6 Å². The molecule has 2 aromatic carbocycles. The predicted molar refractivity (Wildman–Crippen MR) is 92.5 cm³/mol. The molecule has 2 fully saturated rings. The van der Waals surface area contributed by atoms with Crippen LogP contribution < -0.4 is 4.90 Å². The fourth-order valence-electron chi connectivity index (χ4n) is 4.18. The number of carbonyl (C=O) groups excluding carboxylic acids is 2. The van der Waals surface area contributed by atoms with E-state index in [0.717, 1.165) is 11.1 Å². The maximum Gasteiger partial charge on any atom is 0.239 e. The molecule has 3 atom stereocenters. The summed E-state index contributed by atoms with van der Waals surface area (Å²) in [5.74, 6) is -0.705. The first-order valence-electron chi connectivity index (χ1n) is 8.28. The molecule has 2 amide bonds. The second-order valence-electron chi connectivity index (χ2n) is 6.72. The van der Waals surface area contributed by atoms with Crippen LogP contribution in [0.3, 0.4) is 0 Å². The minimum absolute atomic E-state index is 0.0404. The first-order valence-corrected chi connectivity index (χ1v) is 8.28. The molecule has 0 aliphatic carbocycles. The second-order valence-corrected chi connectivity index (χ2v) is 6.72. The summed E-state index contributed by atoms with van der Waals surface area (Å²) in [5, 5.41) is 0. The Morgan fingerprint density at radius 1 is 0.917 bits per heavy atom. The molecular formula is C20H20N2O2. The van der Waals surface area contributed by atoms with Gasteiger partial charge in [-0.2, -0.15) is 0 Å². The van der Waals surface area contributed by atoms with Crippen molar-refractivity contribution in [2.75, 3.05) is 18.5 Å². The third-order valence-electron chi connectivity index (χ3n) is 5.30. The normalized spacial score (nSPS) is 26.9. The summed E-state index contributed by atoms with van der Waals surface area (Å²) in [5.41, 5.74) is 2.98. The minimum Gasteiger partial charge on any atom is -0.298 e. The van der Waals surface area contributed by atoms with Crippen molar-refractivity contribution in [1.29, 1.82) is 0 Å². The van der Waals surface area contributed by atoms with Gasteiger partial charge >= 0.3 is 0 Å². The number of para-hydroxylation sites is 1. The summed E-state index contributed by atoms with van der Waals surface area (Å²) in [7, 11) is 2.00. The van der Waals surface area contributed by atoms with Gasteiger partial charge in [-0.25, -0.2) is 4.90 Å². The van der Waals surface area contributed by atoms with Crippen molar-refractivity contribution >= 4 is 17.5 Å².